The van der Waals surface area contributed by atoms with Crippen LogP contribution in [0.3, 0.4) is 0 Å². The zero-order valence-electron chi connectivity index (χ0n) is 28.9. The van der Waals surface area contributed by atoms with E-state index in [0.717, 1.165) is 0 Å². The molecule has 12 heteroatoms. The molecule has 5 aliphatic carbocycles. The summed E-state index contributed by atoms with van der Waals surface area (Å²) in [5.74, 6) is -7.73. The smallest absolute Gasteiger partial charge is 0.303 e. The summed E-state index contributed by atoms with van der Waals surface area (Å²) < 4.78 is 37.4. The van der Waals surface area contributed by atoms with Gasteiger partial charge in [-0.1, -0.05) is 34.3 Å². The van der Waals surface area contributed by atoms with Gasteiger partial charge < -0.3 is 38.6 Å². The van der Waals surface area contributed by atoms with Crippen molar-refractivity contribution < 1.29 is 57.8 Å². The highest BCUT2D eigenvalue weighted by atomic mass is 16.8. The summed E-state index contributed by atoms with van der Waals surface area (Å²) >= 11 is 0. The van der Waals surface area contributed by atoms with E-state index in [4.69, 9.17) is 28.4 Å². The highest BCUT2D eigenvalue weighted by Crippen LogP contribution is 2.82. The molecule has 2 N–H and O–H groups in total. The molecular weight excluding hydrogens is 624 g/mol. The molecule has 12 nitrogen and oxygen atoms in total. The predicted molar refractivity (Wildman–Crippen MR) is 163 cm³/mol. The molecule has 4 saturated carbocycles. The molecule has 1 unspecified atom stereocenters. The fourth-order valence-corrected chi connectivity index (χ4v) is 13.1. The normalized spacial score (nSPS) is 56.6. The summed E-state index contributed by atoms with van der Waals surface area (Å²) in [5, 5.41) is 24.1. The van der Waals surface area contributed by atoms with Crippen molar-refractivity contribution in [2.75, 3.05) is 0 Å². The number of hydrogen-bond acceptors (Lipinski definition) is 12. The van der Waals surface area contributed by atoms with Gasteiger partial charge in [-0.15, -0.1) is 0 Å². The van der Waals surface area contributed by atoms with Crippen LogP contribution in [0.5, 0.6) is 0 Å². The van der Waals surface area contributed by atoms with Crippen molar-refractivity contribution in [1.82, 2.24) is 0 Å². The van der Waals surface area contributed by atoms with E-state index in [0.29, 0.717) is 12.0 Å². The van der Waals surface area contributed by atoms with E-state index in [-0.39, 0.29) is 23.5 Å². The first-order chi connectivity index (χ1) is 22.2. The lowest BCUT2D eigenvalue weighted by atomic mass is 9.41. The standard InChI is InChI=1S/C36H46O12/c1-12-21-20(26(41)25(40)18-11-19-27(46-19)31(32(18,21)7)45-17(6)39)23-28(43-15(4)37)24-22(33(23,8)29(12)44-16(5)38)13(2)30-36(48-30)34(24,9)35(10,42)14(3)47-36/h12-13,19-24,27-31,40,42H,3,11H2,1-2,4-10H3/t12-,13-,19-,20+,21?,22-,23+,24-,27-,28+,29-,30-,31-,32-,33+,34-,35+,36-/m0/s1. The van der Waals surface area contributed by atoms with Gasteiger partial charge in [-0.2, -0.15) is 0 Å². The maximum absolute atomic E-state index is 14.8. The second-order valence-electron chi connectivity index (χ2n) is 16.7. The molecule has 1 spiro atoms. The van der Waals surface area contributed by atoms with Crippen molar-refractivity contribution in [2.45, 2.75) is 117 Å². The molecule has 3 saturated heterocycles. The van der Waals surface area contributed by atoms with Crippen molar-refractivity contribution in [2.24, 2.45) is 57.7 Å². The Kier molecular flexibility index (Phi) is 6.20. The van der Waals surface area contributed by atoms with Crippen molar-refractivity contribution in [1.29, 1.82) is 0 Å². The molecule has 262 valence electrons. The first-order valence-corrected chi connectivity index (χ1v) is 17.1. The lowest BCUT2D eigenvalue weighted by Crippen LogP contribution is -2.68. The van der Waals surface area contributed by atoms with Crippen molar-refractivity contribution >= 4 is 23.7 Å². The molecule has 0 bridgehead atoms. The van der Waals surface area contributed by atoms with Gasteiger partial charge in [0.15, 0.2) is 5.76 Å². The second kappa shape index (κ2) is 9.23. The minimum absolute atomic E-state index is 0.140. The lowest BCUT2D eigenvalue weighted by molar-refractivity contribution is -0.217. The van der Waals surface area contributed by atoms with Gasteiger partial charge in [0.2, 0.25) is 11.6 Å². The molecule has 0 aromatic carbocycles. The molecule has 18 atom stereocenters. The monoisotopic (exact) mass is 670 g/mol. The number of hydrogen-bond donors (Lipinski definition) is 2. The van der Waals surface area contributed by atoms with E-state index in [1.807, 2.05) is 34.6 Å². The predicted octanol–water partition coefficient (Wildman–Crippen LogP) is 3.15. The molecule has 8 aliphatic rings. The second-order valence-corrected chi connectivity index (χ2v) is 16.7. The van der Waals surface area contributed by atoms with Gasteiger partial charge in [0.25, 0.3) is 0 Å². The number of rotatable bonds is 3. The van der Waals surface area contributed by atoms with Crippen LogP contribution in [0.2, 0.25) is 0 Å². The highest BCUT2D eigenvalue weighted by Gasteiger charge is 2.92. The molecule has 8 rings (SSSR count). The van der Waals surface area contributed by atoms with Gasteiger partial charge in [0.1, 0.15) is 41.9 Å². The quantitative estimate of drug-likeness (QED) is 0.256. The maximum atomic E-state index is 14.8. The largest absolute Gasteiger partial charge is 0.504 e. The Labute approximate surface area is 279 Å². The zero-order valence-corrected chi connectivity index (χ0v) is 28.9. The number of fused-ring (bicyclic) bond motifs is 9. The average molecular weight is 671 g/mol. The number of Topliss-reactive ketones (excluding diaryl/α,β-unsaturated/α-hetero) is 1. The number of ether oxygens (including phenoxy) is 6. The number of allylic oxidation sites excluding steroid dienone is 1. The third-order valence-corrected chi connectivity index (χ3v) is 14.8. The highest BCUT2D eigenvalue weighted by molar-refractivity contribution is 5.98. The molecule has 0 radical (unpaired) electrons. The molecule has 0 aromatic rings. The minimum atomic E-state index is -1.63. The van der Waals surface area contributed by atoms with Crippen molar-refractivity contribution in [3.63, 3.8) is 0 Å². The lowest BCUT2D eigenvalue weighted by Gasteiger charge is -2.62. The summed E-state index contributed by atoms with van der Waals surface area (Å²) in [6, 6.07) is 0. The number of epoxide rings is 2. The van der Waals surface area contributed by atoms with Crippen LogP contribution in [0.25, 0.3) is 0 Å². The van der Waals surface area contributed by atoms with E-state index in [1.54, 1.807) is 6.92 Å². The average Bonchev–Trinajstić information content (AvgIpc) is 3.88. The van der Waals surface area contributed by atoms with Crippen LogP contribution in [-0.4, -0.2) is 81.9 Å². The van der Waals surface area contributed by atoms with Crippen LogP contribution in [-0.2, 0) is 47.6 Å². The Balaban J connectivity index is 1.40. The van der Waals surface area contributed by atoms with Crippen LogP contribution in [0.4, 0.5) is 0 Å². The molecule has 0 amide bonds. The Morgan fingerprint density at radius 3 is 2.08 bits per heavy atom. The van der Waals surface area contributed by atoms with E-state index in [2.05, 4.69) is 6.58 Å². The van der Waals surface area contributed by atoms with Gasteiger partial charge in [0.05, 0.1) is 11.5 Å². The van der Waals surface area contributed by atoms with Gasteiger partial charge in [-0.05, 0) is 43.1 Å². The van der Waals surface area contributed by atoms with Crippen LogP contribution in [0.1, 0.15) is 68.7 Å². The maximum Gasteiger partial charge on any atom is 0.303 e. The Morgan fingerprint density at radius 2 is 1.48 bits per heavy atom. The van der Waals surface area contributed by atoms with E-state index in [9.17, 15) is 29.4 Å². The molecule has 3 aliphatic heterocycles. The molecular formula is C36H46O12. The number of aliphatic hydroxyl groups excluding tert-OH is 1. The van der Waals surface area contributed by atoms with Crippen molar-refractivity contribution in [3.8, 4) is 0 Å². The van der Waals surface area contributed by atoms with Crippen LogP contribution in [0, 0.1) is 57.7 Å². The molecule has 48 heavy (non-hydrogen) atoms. The van der Waals surface area contributed by atoms with E-state index in [1.165, 1.54) is 20.8 Å². The Morgan fingerprint density at radius 1 is 0.875 bits per heavy atom. The Hall–Kier alpha value is -2.96. The first kappa shape index (κ1) is 32.3. The Bertz CT molecular complexity index is 1610. The summed E-state index contributed by atoms with van der Waals surface area (Å²) in [6.45, 7) is 19.4. The fraction of sp³-hybridized carbons (Fsp3) is 0.778. The SMILES string of the molecule is C=C1O[C@]23O[C@H]2[C@@H](C)[C@H]2[C@@H]([C@H](OC(C)=O)[C@H]4[C@@H]5C(=O)C(O)=C6C[C@@H]7O[C@@H]7[C@H](OC(C)=O)[C@]6(C)C5[C@H](C)[C@H](OC(C)=O)[C@]24C)[C@@]3(C)[C@]1(C)O. The van der Waals surface area contributed by atoms with Crippen LogP contribution < -0.4 is 0 Å². The van der Waals surface area contributed by atoms with E-state index >= 15 is 0 Å². The van der Waals surface area contributed by atoms with Crippen molar-refractivity contribution in [3.05, 3.63) is 23.7 Å². The third kappa shape index (κ3) is 3.33. The third-order valence-electron chi connectivity index (χ3n) is 14.8. The topological polar surface area (TPSA) is 171 Å². The fourth-order valence-electron chi connectivity index (χ4n) is 13.1. The number of carbonyl (C=O) groups is 4. The first-order valence-electron chi connectivity index (χ1n) is 17.1. The van der Waals surface area contributed by atoms with Crippen LogP contribution >= 0.6 is 0 Å². The van der Waals surface area contributed by atoms with Crippen LogP contribution in [0.15, 0.2) is 23.7 Å². The molecule has 3 heterocycles. The number of carbonyl (C=O) groups excluding carboxylic acids is 4. The minimum Gasteiger partial charge on any atom is -0.504 e. The van der Waals surface area contributed by atoms with Gasteiger partial charge in [0, 0.05) is 55.8 Å². The van der Waals surface area contributed by atoms with Gasteiger partial charge >= 0.3 is 17.9 Å². The van der Waals surface area contributed by atoms with E-state index < -0.39 is 117 Å². The summed E-state index contributed by atoms with van der Waals surface area (Å²) in [5.41, 5.74) is -4.48. The summed E-state index contributed by atoms with van der Waals surface area (Å²) in [4.78, 5) is 53.6. The number of aliphatic hydroxyl groups is 2. The van der Waals surface area contributed by atoms with Gasteiger partial charge in [-0.3, -0.25) is 19.2 Å². The number of ketones is 1. The molecule has 0 aromatic heterocycles. The zero-order chi connectivity index (χ0) is 35.0. The van der Waals surface area contributed by atoms with Gasteiger partial charge in [-0.25, -0.2) is 0 Å². The molecule has 7 fully saturated rings. The summed E-state index contributed by atoms with van der Waals surface area (Å²) in [7, 11) is 0. The number of esters is 3. The summed E-state index contributed by atoms with van der Waals surface area (Å²) in [6.07, 6.45) is -3.50.